The minimum Gasteiger partial charge on any atom is -0.311 e. The quantitative estimate of drug-likeness (QED) is 0.875. The molecular formula is C13H18ClFN2. The summed E-state index contributed by atoms with van der Waals surface area (Å²) in [6, 6.07) is 6.02. The molecule has 1 aliphatic heterocycles. The molecule has 1 fully saturated rings. The number of rotatable bonds is 2. The third kappa shape index (κ3) is 3.18. The molecule has 4 heteroatoms. The number of nitrogens with one attached hydrogen (secondary N) is 1. The van der Waals surface area contributed by atoms with Crippen molar-refractivity contribution in [3.8, 4) is 0 Å². The summed E-state index contributed by atoms with van der Waals surface area (Å²) in [4.78, 5) is 2.36. The van der Waals surface area contributed by atoms with Gasteiger partial charge in [0.1, 0.15) is 5.82 Å². The second-order valence-corrected chi connectivity index (χ2v) is 5.24. The molecule has 17 heavy (non-hydrogen) atoms. The molecule has 1 saturated heterocycles. The molecular weight excluding hydrogens is 239 g/mol. The van der Waals surface area contributed by atoms with Crippen LogP contribution in [0.2, 0.25) is 5.02 Å². The molecule has 0 aliphatic carbocycles. The summed E-state index contributed by atoms with van der Waals surface area (Å²) in [5.41, 5.74) is 0.979. The normalized spacial score (nSPS) is 26.1. The monoisotopic (exact) mass is 256 g/mol. The van der Waals surface area contributed by atoms with Gasteiger partial charge in [-0.2, -0.15) is 0 Å². The number of hydrogen-bond acceptors (Lipinski definition) is 2. The molecule has 0 amide bonds. The minimum absolute atomic E-state index is 0.190. The van der Waals surface area contributed by atoms with E-state index in [0.717, 1.165) is 25.2 Å². The molecule has 2 rings (SSSR count). The lowest BCUT2D eigenvalue weighted by atomic mass is 10.1. The van der Waals surface area contributed by atoms with Crippen LogP contribution in [0.25, 0.3) is 0 Å². The number of nitrogens with zero attached hydrogens (tertiary/aromatic N) is 1. The van der Waals surface area contributed by atoms with E-state index < -0.39 is 0 Å². The molecule has 0 bridgehead atoms. The van der Waals surface area contributed by atoms with E-state index in [9.17, 15) is 4.39 Å². The van der Waals surface area contributed by atoms with Gasteiger partial charge < -0.3 is 5.32 Å². The first-order chi connectivity index (χ1) is 8.06. The maximum Gasteiger partial charge on any atom is 0.142 e. The second-order valence-electron chi connectivity index (χ2n) is 4.84. The van der Waals surface area contributed by atoms with Crippen molar-refractivity contribution in [1.82, 2.24) is 10.2 Å². The molecule has 2 atom stereocenters. The van der Waals surface area contributed by atoms with E-state index >= 15 is 0 Å². The largest absolute Gasteiger partial charge is 0.311 e. The molecule has 1 aromatic carbocycles. The predicted octanol–water partition coefficient (Wildman–Crippen LogP) is 2.66. The Kier molecular flexibility index (Phi) is 4.02. The third-order valence-electron chi connectivity index (χ3n) is 3.26. The molecule has 0 aromatic heterocycles. The highest BCUT2D eigenvalue weighted by Crippen LogP contribution is 2.18. The standard InChI is InChI=1S/C13H18ClFN2/c1-9-7-17(10(2)6-16-9)8-11-3-4-12(14)13(15)5-11/h3-5,9-10,16H,6-8H2,1-2H3. The zero-order valence-corrected chi connectivity index (χ0v) is 11.0. The predicted molar refractivity (Wildman–Crippen MR) is 68.7 cm³/mol. The van der Waals surface area contributed by atoms with Gasteiger partial charge in [-0.15, -0.1) is 0 Å². The summed E-state index contributed by atoms with van der Waals surface area (Å²) in [6.07, 6.45) is 0. The smallest absolute Gasteiger partial charge is 0.142 e. The van der Waals surface area contributed by atoms with Crippen molar-refractivity contribution in [2.75, 3.05) is 13.1 Å². The first kappa shape index (κ1) is 12.8. The van der Waals surface area contributed by atoms with Crippen LogP contribution >= 0.6 is 11.6 Å². The molecule has 0 spiro atoms. The number of benzene rings is 1. The van der Waals surface area contributed by atoms with E-state index in [0.29, 0.717) is 12.1 Å². The number of piperazine rings is 1. The van der Waals surface area contributed by atoms with E-state index in [-0.39, 0.29) is 10.8 Å². The fraction of sp³-hybridized carbons (Fsp3) is 0.538. The molecule has 1 aliphatic rings. The van der Waals surface area contributed by atoms with Crippen molar-refractivity contribution >= 4 is 11.6 Å². The van der Waals surface area contributed by atoms with Crippen LogP contribution in [0.1, 0.15) is 19.4 Å². The summed E-state index contributed by atoms with van der Waals surface area (Å²) >= 11 is 5.68. The highest BCUT2D eigenvalue weighted by molar-refractivity contribution is 6.30. The van der Waals surface area contributed by atoms with Gasteiger partial charge in [-0.05, 0) is 31.5 Å². The van der Waals surface area contributed by atoms with E-state index in [2.05, 4.69) is 24.1 Å². The van der Waals surface area contributed by atoms with Crippen LogP contribution in [0.15, 0.2) is 18.2 Å². The van der Waals surface area contributed by atoms with Gasteiger partial charge in [-0.3, -0.25) is 4.90 Å². The fourth-order valence-corrected chi connectivity index (χ4v) is 2.31. The van der Waals surface area contributed by atoms with Crippen molar-refractivity contribution in [3.05, 3.63) is 34.6 Å². The van der Waals surface area contributed by atoms with Crippen LogP contribution in [0.4, 0.5) is 4.39 Å². The highest BCUT2D eigenvalue weighted by Gasteiger charge is 2.22. The zero-order chi connectivity index (χ0) is 12.4. The van der Waals surface area contributed by atoms with Gasteiger partial charge in [0.2, 0.25) is 0 Å². The Morgan fingerprint density at radius 3 is 2.94 bits per heavy atom. The Hall–Kier alpha value is -0.640. The molecule has 1 aromatic rings. The Morgan fingerprint density at radius 2 is 2.24 bits per heavy atom. The van der Waals surface area contributed by atoms with Gasteiger partial charge >= 0.3 is 0 Å². The van der Waals surface area contributed by atoms with Crippen LogP contribution in [0, 0.1) is 5.82 Å². The number of halogens is 2. The Bertz CT molecular complexity index is 397. The van der Waals surface area contributed by atoms with E-state index in [1.54, 1.807) is 6.07 Å². The van der Waals surface area contributed by atoms with Crippen LogP contribution in [-0.2, 0) is 6.54 Å². The summed E-state index contributed by atoms with van der Waals surface area (Å²) in [6.45, 7) is 7.11. The van der Waals surface area contributed by atoms with Gasteiger partial charge in [0.05, 0.1) is 5.02 Å². The van der Waals surface area contributed by atoms with Crippen molar-refractivity contribution in [1.29, 1.82) is 0 Å². The topological polar surface area (TPSA) is 15.3 Å². The molecule has 1 N–H and O–H groups in total. The molecule has 94 valence electrons. The highest BCUT2D eigenvalue weighted by atomic mass is 35.5. The first-order valence-electron chi connectivity index (χ1n) is 5.97. The van der Waals surface area contributed by atoms with Crippen molar-refractivity contribution in [2.45, 2.75) is 32.5 Å². The SMILES string of the molecule is CC1CN(Cc2ccc(Cl)c(F)c2)C(C)CN1. The summed E-state index contributed by atoms with van der Waals surface area (Å²) < 4.78 is 13.3. The zero-order valence-electron chi connectivity index (χ0n) is 10.2. The second kappa shape index (κ2) is 5.34. The molecule has 0 radical (unpaired) electrons. The third-order valence-corrected chi connectivity index (χ3v) is 3.57. The molecule has 2 nitrogen and oxygen atoms in total. The average Bonchev–Trinajstić information content (AvgIpc) is 2.29. The molecule has 2 unspecified atom stereocenters. The van der Waals surface area contributed by atoms with Gasteiger partial charge in [0.15, 0.2) is 0 Å². The first-order valence-corrected chi connectivity index (χ1v) is 6.35. The van der Waals surface area contributed by atoms with Gasteiger partial charge in [0.25, 0.3) is 0 Å². The van der Waals surface area contributed by atoms with Crippen LogP contribution in [0.3, 0.4) is 0 Å². The van der Waals surface area contributed by atoms with Crippen LogP contribution in [-0.4, -0.2) is 30.1 Å². The maximum atomic E-state index is 13.3. The van der Waals surface area contributed by atoms with Crippen LogP contribution < -0.4 is 5.32 Å². The Balaban J connectivity index is 2.06. The molecule has 1 heterocycles. The maximum absolute atomic E-state index is 13.3. The van der Waals surface area contributed by atoms with Crippen LogP contribution in [0.5, 0.6) is 0 Å². The fourth-order valence-electron chi connectivity index (χ4n) is 2.19. The lowest BCUT2D eigenvalue weighted by Gasteiger charge is -2.37. The van der Waals surface area contributed by atoms with E-state index in [1.165, 1.54) is 6.07 Å². The lowest BCUT2D eigenvalue weighted by molar-refractivity contribution is 0.138. The van der Waals surface area contributed by atoms with E-state index in [4.69, 9.17) is 11.6 Å². The Labute approximate surface area is 107 Å². The van der Waals surface area contributed by atoms with Crippen molar-refractivity contribution in [2.24, 2.45) is 0 Å². The Morgan fingerprint density at radius 1 is 1.47 bits per heavy atom. The summed E-state index contributed by atoms with van der Waals surface area (Å²) in [5, 5.41) is 3.62. The summed E-state index contributed by atoms with van der Waals surface area (Å²) in [7, 11) is 0. The molecule has 0 saturated carbocycles. The van der Waals surface area contributed by atoms with Crippen molar-refractivity contribution < 1.29 is 4.39 Å². The van der Waals surface area contributed by atoms with E-state index in [1.807, 2.05) is 6.07 Å². The average molecular weight is 257 g/mol. The van der Waals surface area contributed by atoms with Gasteiger partial charge in [-0.1, -0.05) is 17.7 Å². The van der Waals surface area contributed by atoms with Gasteiger partial charge in [0, 0.05) is 31.7 Å². The lowest BCUT2D eigenvalue weighted by Crippen LogP contribution is -2.53. The van der Waals surface area contributed by atoms with Crippen molar-refractivity contribution in [3.63, 3.8) is 0 Å². The van der Waals surface area contributed by atoms with Gasteiger partial charge in [-0.25, -0.2) is 4.39 Å². The summed E-state index contributed by atoms with van der Waals surface area (Å²) in [5.74, 6) is -0.333. The minimum atomic E-state index is -0.333. The number of hydrogen-bond donors (Lipinski definition) is 1.